The Bertz CT molecular complexity index is 628. The van der Waals surface area contributed by atoms with Gasteiger partial charge in [0.05, 0.1) is 6.54 Å². The fourth-order valence-corrected chi connectivity index (χ4v) is 2.25. The van der Waals surface area contributed by atoms with Crippen molar-refractivity contribution in [2.45, 2.75) is 6.92 Å². The molecule has 2 N–H and O–H groups in total. The standard InChI is InChI=1S/C16H19N3O2/c1-12-13(6-4-8-17)5-3-7-14(12)16(21)19-10-9-18(2)15(20)11-19/h3,5,7H,8-11,17H2,1-2H3. The minimum absolute atomic E-state index is 0.0358. The van der Waals surface area contributed by atoms with Gasteiger partial charge in [0.1, 0.15) is 6.54 Å². The molecule has 0 unspecified atom stereocenters. The lowest BCUT2D eigenvalue weighted by Crippen LogP contribution is -2.50. The van der Waals surface area contributed by atoms with Crippen LogP contribution in [0.2, 0.25) is 0 Å². The average Bonchev–Trinajstić information content (AvgIpc) is 2.48. The van der Waals surface area contributed by atoms with Gasteiger partial charge in [-0.3, -0.25) is 9.59 Å². The van der Waals surface area contributed by atoms with Gasteiger partial charge in [-0.05, 0) is 24.6 Å². The maximum atomic E-state index is 12.6. The van der Waals surface area contributed by atoms with E-state index in [2.05, 4.69) is 11.8 Å². The minimum atomic E-state index is -0.120. The zero-order valence-electron chi connectivity index (χ0n) is 12.3. The fraction of sp³-hybridized carbons (Fsp3) is 0.375. The lowest BCUT2D eigenvalue weighted by Gasteiger charge is -2.32. The lowest BCUT2D eigenvalue weighted by molar-refractivity contribution is -0.133. The van der Waals surface area contributed by atoms with Gasteiger partial charge in [-0.2, -0.15) is 0 Å². The minimum Gasteiger partial charge on any atom is -0.342 e. The largest absolute Gasteiger partial charge is 0.342 e. The maximum Gasteiger partial charge on any atom is 0.254 e. The molecule has 1 aromatic carbocycles. The monoisotopic (exact) mass is 285 g/mol. The van der Waals surface area contributed by atoms with Gasteiger partial charge in [0.25, 0.3) is 5.91 Å². The number of nitrogens with zero attached hydrogens (tertiary/aromatic N) is 2. The number of rotatable bonds is 1. The smallest absolute Gasteiger partial charge is 0.254 e. The van der Waals surface area contributed by atoms with E-state index < -0.39 is 0 Å². The highest BCUT2D eigenvalue weighted by Gasteiger charge is 2.26. The molecule has 21 heavy (non-hydrogen) atoms. The Morgan fingerprint density at radius 3 is 2.81 bits per heavy atom. The van der Waals surface area contributed by atoms with Gasteiger partial charge in [0.15, 0.2) is 0 Å². The van der Waals surface area contributed by atoms with Crippen molar-refractivity contribution in [1.82, 2.24) is 9.80 Å². The molecule has 1 saturated heterocycles. The van der Waals surface area contributed by atoms with E-state index in [1.807, 2.05) is 13.0 Å². The SMILES string of the molecule is Cc1c(C#CCN)cccc1C(=O)N1CCN(C)C(=O)C1. The van der Waals surface area contributed by atoms with Crippen molar-refractivity contribution < 1.29 is 9.59 Å². The van der Waals surface area contributed by atoms with Crippen molar-refractivity contribution in [3.63, 3.8) is 0 Å². The van der Waals surface area contributed by atoms with Crippen LogP contribution in [0.25, 0.3) is 0 Å². The molecule has 1 fully saturated rings. The van der Waals surface area contributed by atoms with Gasteiger partial charge < -0.3 is 15.5 Å². The van der Waals surface area contributed by atoms with Gasteiger partial charge in [-0.15, -0.1) is 0 Å². The van der Waals surface area contributed by atoms with Crippen LogP contribution in [0.1, 0.15) is 21.5 Å². The molecular formula is C16H19N3O2. The van der Waals surface area contributed by atoms with E-state index in [-0.39, 0.29) is 24.9 Å². The molecule has 2 amide bonds. The summed E-state index contributed by atoms with van der Waals surface area (Å²) in [4.78, 5) is 27.5. The summed E-state index contributed by atoms with van der Waals surface area (Å²) in [7, 11) is 1.75. The number of nitrogens with two attached hydrogens (primary N) is 1. The Kier molecular flexibility index (Phi) is 4.61. The van der Waals surface area contributed by atoms with Crippen LogP contribution in [0.15, 0.2) is 18.2 Å². The average molecular weight is 285 g/mol. The van der Waals surface area contributed by atoms with Crippen molar-refractivity contribution >= 4 is 11.8 Å². The van der Waals surface area contributed by atoms with Crippen LogP contribution in [0, 0.1) is 18.8 Å². The lowest BCUT2D eigenvalue weighted by atomic mass is 10.0. The number of likely N-dealkylation sites (N-methyl/N-ethyl adjacent to an activating group) is 1. The first-order valence-corrected chi connectivity index (χ1v) is 6.86. The third-order valence-corrected chi connectivity index (χ3v) is 3.63. The summed E-state index contributed by atoms with van der Waals surface area (Å²) in [5, 5.41) is 0. The predicted molar refractivity (Wildman–Crippen MR) is 80.7 cm³/mol. The van der Waals surface area contributed by atoms with Crippen LogP contribution in [-0.2, 0) is 4.79 Å². The maximum absolute atomic E-state index is 12.6. The quantitative estimate of drug-likeness (QED) is 0.751. The Morgan fingerprint density at radius 2 is 2.14 bits per heavy atom. The summed E-state index contributed by atoms with van der Waals surface area (Å²) >= 11 is 0. The first-order valence-electron chi connectivity index (χ1n) is 6.86. The zero-order valence-corrected chi connectivity index (χ0v) is 12.3. The van der Waals surface area contributed by atoms with E-state index >= 15 is 0 Å². The van der Waals surface area contributed by atoms with Crippen LogP contribution in [-0.4, -0.2) is 54.8 Å². The van der Waals surface area contributed by atoms with Crippen LogP contribution in [0.3, 0.4) is 0 Å². The molecule has 1 aliphatic heterocycles. The second kappa shape index (κ2) is 6.42. The number of carbonyl (C=O) groups excluding carboxylic acids is 2. The van der Waals surface area contributed by atoms with Gasteiger partial charge >= 0.3 is 0 Å². The van der Waals surface area contributed by atoms with Gasteiger partial charge in [0, 0.05) is 31.3 Å². The normalized spacial score (nSPS) is 14.7. The molecular weight excluding hydrogens is 266 g/mol. The Hall–Kier alpha value is -2.32. The van der Waals surface area contributed by atoms with Gasteiger partial charge in [0.2, 0.25) is 5.91 Å². The summed E-state index contributed by atoms with van der Waals surface area (Å²) in [5.41, 5.74) is 7.60. The van der Waals surface area contributed by atoms with Crippen molar-refractivity contribution in [3.05, 3.63) is 34.9 Å². The highest BCUT2D eigenvalue weighted by atomic mass is 16.2. The number of amides is 2. The number of benzene rings is 1. The molecule has 0 bridgehead atoms. The molecule has 5 heteroatoms. The van der Waals surface area contributed by atoms with E-state index in [0.29, 0.717) is 18.7 Å². The van der Waals surface area contributed by atoms with Crippen LogP contribution in [0.5, 0.6) is 0 Å². The highest BCUT2D eigenvalue weighted by Crippen LogP contribution is 2.16. The third kappa shape index (κ3) is 3.23. The van der Waals surface area contributed by atoms with E-state index in [4.69, 9.17) is 5.73 Å². The number of piperazine rings is 1. The van der Waals surface area contributed by atoms with Crippen LogP contribution in [0.4, 0.5) is 0 Å². The summed E-state index contributed by atoms with van der Waals surface area (Å²) in [6, 6.07) is 5.44. The van der Waals surface area contributed by atoms with E-state index in [1.54, 1.807) is 29.0 Å². The molecule has 2 rings (SSSR count). The summed E-state index contributed by atoms with van der Waals surface area (Å²) in [6.07, 6.45) is 0. The molecule has 1 heterocycles. The van der Waals surface area contributed by atoms with Crippen molar-refractivity contribution in [3.8, 4) is 11.8 Å². The van der Waals surface area contributed by atoms with Gasteiger partial charge in [-0.25, -0.2) is 0 Å². The van der Waals surface area contributed by atoms with Crippen LogP contribution >= 0.6 is 0 Å². The molecule has 5 nitrogen and oxygen atoms in total. The number of hydrogen-bond acceptors (Lipinski definition) is 3. The summed E-state index contributed by atoms with van der Waals surface area (Å²) in [5.74, 6) is 5.61. The summed E-state index contributed by atoms with van der Waals surface area (Å²) in [6.45, 7) is 3.40. The number of carbonyl (C=O) groups is 2. The second-order valence-corrected chi connectivity index (χ2v) is 5.03. The first kappa shape index (κ1) is 15.1. The third-order valence-electron chi connectivity index (χ3n) is 3.63. The van der Waals surface area contributed by atoms with E-state index in [0.717, 1.165) is 11.1 Å². The molecule has 0 aromatic heterocycles. The van der Waals surface area contributed by atoms with E-state index in [1.165, 1.54) is 0 Å². The predicted octanol–water partition coefficient (Wildman–Crippen LogP) is 0.219. The fourth-order valence-electron chi connectivity index (χ4n) is 2.25. The molecule has 0 aliphatic carbocycles. The Morgan fingerprint density at radius 1 is 1.38 bits per heavy atom. The zero-order chi connectivity index (χ0) is 15.4. The van der Waals surface area contributed by atoms with Crippen molar-refractivity contribution in [1.29, 1.82) is 0 Å². The molecule has 110 valence electrons. The molecule has 0 atom stereocenters. The molecule has 1 aromatic rings. The topological polar surface area (TPSA) is 66.6 Å². The van der Waals surface area contributed by atoms with Gasteiger partial charge in [-0.1, -0.05) is 17.9 Å². The number of hydrogen-bond donors (Lipinski definition) is 1. The van der Waals surface area contributed by atoms with Crippen molar-refractivity contribution in [2.24, 2.45) is 5.73 Å². The van der Waals surface area contributed by atoms with Crippen molar-refractivity contribution in [2.75, 3.05) is 33.2 Å². The molecule has 1 aliphatic rings. The molecule has 0 saturated carbocycles. The highest BCUT2D eigenvalue weighted by molar-refractivity contribution is 5.98. The van der Waals surface area contributed by atoms with E-state index in [9.17, 15) is 9.59 Å². The van der Waals surface area contributed by atoms with Crippen LogP contribution < -0.4 is 5.73 Å². The summed E-state index contributed by atoms with van der Waals surface area (Å²) < 4.78 is 0. The first-order chi connectivity index (χ1) is 10.0. The Balaban J connectivity index is 2.26. The molecule has 0 radical (unpaired) electrons. The Labute approximate surface area is 124 Å². The second-order valence-electron chi connectivity index (χ2n) is 5.03. The molecule has 0 spiro atoms.